The highest BCUT2D eigenvalue weighted by atomic mass is 19.2. The third kappa shape index (κ3) is 5.00. The number of amides is 1. The fourth-order valence-electron chi connectivity index (χ4n) is 4.11. The SMILES string of the molecule is O=C(NCc1cc(-c2c[nH]c3ncccc23)cc(CO)n1)c1cccn(Cc2ccc(F)c(F)c2)c1=O. The summed E-state index contributed by atoms with van der Waals surface area (Å²) in [5, 5.41) is 13.3. The summed E-state index contributed by atoms with van der Waals surface area (Å²) in [6, 6.07) is 13.6. The van der Waals surface area contributed by atoms with Crippen LogP contribution < -0.4 is 10.9 Å². The number of aromatic amines is 1. The summed E-state index contributed by atoms with van der Waals surface area (Å²) in [5.74, 6) is -2.60. The van der Waals surface area contributed by atoms with Crippen LogP contribution in [0.25, 0.3) is 22.2 Å². The minimum atomic E-state index is -1.01. The molecule has 37 heavy (non-hydrogen) atoms. The Labute approximate surface area is 209 Å². The Kier molecular flexibility index (Phi) is 6.57. The van der Waals surface area contributed by atoms with E-state index in [1.165, 1.54) is 29.0 Å². The first-order valence-electron chi connectivity index (χ1n) is 11.4. The number of pyridine rings is 3. The van der Waals surface area contributed by atoms with Crippen LogP contribution in [0.3, 0.4) is 0 Å². The molecule has 4 heterocycles. The Morgan fingerprint density at radius 3 is 2.70 bits per heavy atom. The smallest absolute Gasteiger partial charge is 0.263 e. The third-order valence-corrected chi connectivity index (χ3v) is 5.89. The van der Waals surface area contributed by atoms with Gasteiger partial charge in [0, 0.05) is 29.5 Å². The summed E-state index contributed by atoms with van der Waals surface area (Å²) >= 11 is 0. The number of carbonyl (C=O) groups excluding carboxylic acids is 1. The Morgan fingerprint density at radius 1 is 1.05 bits per heavy atom. The monoisotopic (exact) mass is 501 g/mol. The molecule has 0 unspecified atom stereocenters. The first-order chi connectivity index (χ1) is 17.9. The van der Waals surface area contributed by atoms with E-state index in [9.17, 15) is 23.5 Å². The zero-order chi connectivity index (χ0) is 25.9. The maximum Gasteiger partial charge on any atom is 0.263 e. The largest absolute Gasteiger partial charge is 0.390 e. The van der Waals surface area contributed by atoms with E-state index >= 15 is 0 Å². The van der Waals surface area contributed by atoms with Crippen molar-refractivity contribution in [2.75, 3.05) is 0 Å². The molecule has 0 radical (unpaired) electrons. The molecular formula is C27H21F2N5O3. The first kappa shape index (κ1) is 24.0. The number of aliphatic hydroxyl groups is 1. The molecule has 0 spiro atoms. The van der Waals surface area contributed by atoms with E-state index in [0.717, 1.165) is 34.3 Å². The summed E-state index contributed by atoms with van der Waals surface area (Å²) in [7, 11) is 0. The van der Waals surface area contributed by atoms with E-state index in [1.54, 1.807) is 18.3 Å². The van der Waals surface area contributed by atoms with Crippen LogP contribution in [-0.2, 0) is 19.7 Å². The van der Waals surface area contributed by atoms with Gasteiger partial charge in [0.2, 0.25) is 0 Å². The molecule has 0 aliphatic rings. The molecule has 1 amide bonds. The van der Waals surface area contributed by atoms with Crippen molar-refractivity contribution in [3.8, 4) is 11.1 Å². The van der Waals surface area contributed by atoms with E-state index in [4.69, 9.17) is 0 Å². The minimum Gasteiger partial charge on any atom is -0.390 e. The summed E-state index contributed by atoms with van der Waals surface area (Å²) in [4.78, 5) is 37.5. The van der Waals surface area contributed by atoms with Gasteiger partial charge >= 0.3 is 0 Å². The zero-order valence-electron chi connectivity index (χ0n) is 19.4. The van der Waals surface area contributed by atoms with Gasteiger partial charge in [-0.05, 0) is 59.7 Å². The predicted molar refractivity (Wildman–Crippen MR) is 133 cm³/mol. The highest BCUT2D eigenvalue weighted by molar-refractivity contribution is 5.94. The second kappa shape index (κ2) is 10.1. The summed E-state index contributed by atoms with van der Waals surface area (Å²) < 4.78 is 28.0. The van der Waals surface area contributed by atoms with Crippen LogP contribution in [0.5, 0.6) is 0 Å². The van der Waals surface area contributed by atoms with Crippen LogP contribution in [0, 0.1) is 11.6 Å². The average Bonchev–Trinajstić information content (AvgIpc) is 3.35. The van der Waals surface area contributed by atoms with Crippen molar-refractivity contribution in [2.45, 2.75) is 19.7 Å². The lowest BCUT2D eigenvalue weighted by atomic mass is 10.0. The molecule has 10 heteroatoms. The molecule has 1 aromatic carbocycles. The molecule has 8 nitrogen and oxygen atoms in total. The molecule has 5 aromatic rings. The zero-order valence-corrected chi connectivity index (χ0v) is 19.4. The van der Waals surface area contributed by atoms with E-state index in [2.05, 4.69) is 20.3 Å². The Bertz CT molecular complexity index is 1680. The van der Waals surface area contributed by atoms with E-state index < -0.39 is 23.1 Å². The highest BCUT2D eigenvalue weighted by Crippen LogP contribution is 2.28. The molecule has 4 aromatic heterocycles. The maximum atomic E-state index is 13.5. The molecule has 186 valence electrons. The molecule has 0 saturated carbocycles. The van der Waals surface area contributed by atoms with Crippen molar-refractivity contribution in [1.82, 2.24) is 24.8 Å². The van der Waals surface area contributed by atoms with Crippen molar-refractivity contribution >= 4 is 16.9 Å². The summed E-state index contributed by atoms with van der Waals surface area (Å²) in [6.07, 6.45) is 4.97. The Morgan fingerprint density at radius 2 is 1.89 bits per heavy atom. The topological polar surface area (TPSA) is 113 Å². The fraction of sp³-hybridized carbons (Fsp3) is 0.111. The summed E-state index contributed by atoms with van der Waals surface area (Å²) in [5.41, 5.74) is 2.99. The van der Waals surface area contributed by atoms with E-state index in [0.29, 0.717) is 17.0 Å². The van der Waals surface area contributed by atoms with Crippen LogP contribution in [0.4, 0.5) is 8.78 Å². The molecule has 0 aliphatic heterocycles. The van der Waals surface area contributed by atoms with Crippen LogP contribution in [0.2, 0.25) is 0 Å². The number of nitrogens with zero attached hydrogens (tertiary/aromatic N) is 3. The van der Waals surface area contributed by atoms with Gasteiger partial charge in [0.1, 0.15) is 11.2 Å². The lowest BCUT2D eigenvalue weighted by Gasteiger charge is -2.11. The summed E-state index contributed by atoms with van der Waals surface area (Å²) in [6.45, 7) is -0.305. The second-order valence-corrected chi connectivity index (χ2v) is 8.38. The van der Waals surface area contributed by atoms with Crippen molar-refractivity contribution in [3.63, 3.8) is 0 Å². The van der Waals surface area contributed by atoms with Crippen LogP contribution in [-0.4, -0.2) is 30.5 Å². The number of benzene rings is 1. The van der Waals surface area contributed by atoms with Gasteiger partial charge in [0.15, 0.2) is 11.6 Å². The number of carbonyl (C=O) groups is 1. The lowest BCUT2D eigenvalue weighted by Crippen LogP contribution is -2.33. The molecule has 0 saturated heterocycles. The number of hydrogen-bond acceptors (Lipinski definition) is 5. The first-order valence-corrected chi connectivity index (χ1v) is 11.4. The van der Waals surface area contributed by atoms with Crippen molar-refractivity contribution in [2.24, 2.45) is 0 Å². The number of rotatable bonds is 7. The number of nitrogens with one attached hydrogen (secondary N) is 2. The van der Waals surface area contributed by atoms with Gasteiger partial charge in [-0.3, -0.25) is 14.6 Å². The van der Waals surface area contributed by atoms with Crippen molar-refractivity contribution in [1.29, 1.82) is 0 Å². The highest BCUT2D eigenvalue weighted by Gasteiger charge is 2.15. The standard InChI is InChI=1S/C27H21F2N5O3/c28-23-6-5-16(9-24(23)29)14-34-8-2-4-21(27(34)37)26(36)32-12-18-10-17(11-19(15-35)33-18)22-13-31-25-20(22)3-1-7-30-25/h1-11,13,35H,12,14-15H2,(H,30,31)(H,32,36). The van der Waals surface area contributed by atoms with Gasteiger partial charge in [0.25, 0.3) is 11.5 Å². The molecule has 0 aliphatic carbocycles. The molecule has 0 fully saturated rings. The lowest BCUT2D eigenvalue weighted by molar-refractivity contribution is 0.0948. The normalized spacial score (nSPS) is 11.1. The quantitative estimate of drug-likeness (QED) is 0.316. The number of H-pyrrole nitrogens is 1. The maximum absolute atomic E-state index is 13.5. The minimum absolute atomic E-state index is 0.0117. The van der Waals surface area contributed by atoms with E-state index in [-0.39, 0.29) is 25.3 Å². The third-order valence-electron chi connectivity index (χ3n) is 5.89. The molecule has 0 atom stereocenters. The number of halogens is 2. The average molecular weight is 501 g/mol. The predicted octanol–water partition coefficient (Wildman–Crippen LogP) is 3.54. The van der Waals surface area contributed by atoms with Crippen LogP contribution in [0.15, 0.2) is 78.0 Å². The van der Waals surface area contributed by atoms with Crippen molar-refractivity contribution < 1.29 is 18.7 Å². The Balaban J connectivity index is 1.36. The molecule has 3 N–H and O–H groups in total. The van der Waals surface area contributed by atoms with Gasteiger partial charge < -0.3 is 20.0 Å². The van der Waals surface area contributed by atoms with E-state index in [1.807, 2.05) is 18.3 Å². The number of fused-ring (bicyclic) bond motifs is 1. The number of hydrogen-bond donors (Lipinski definition) is 3. The number of aromatic nitrogens is 4. The van der Waals surface area contributed by atoms with Gasteiger partial charge in [0.05, 0.1) is 31.1 Å². The van der Waals surface area contributed by atoms with Gasteiger partial charge in [-0.25, -0.2) is 13.8 Å². The number of aliphatic hydroxyl groups excluding tert-OH is 1. The van der Waals surface area contributed by atoms with Gasteiger partial charge in [-0.1, -0.05) is 6.07 Å². The van der Waals surface area contributed by atoms with Gasteiger partial charge in [-0.15, -0.1) is 0 Å². The molecular weight excluding hydrogens is 480 g/mol. The molecule has 0 bridgehead atoms. The van der Waals surface area contributed by atoms with Gasteiger partial charge in [-0.2, -0.15) is 0 Å². The fourth-order valence-corrected chi connectivity index (χ4v) is 4.11. The van der Waals surface area contributed by atoms with Crippen LogP contribution >= 0.6 is 0 Å². The Hall–Kier alpha value is -4.70. The second-order valence-electron chi connectivity index (χ2n) is 8.38. The van der Waals surface area contributed by atoms with Crippen LogP contribution in [0.1, 0.15) is 27.3 Å². The molecule has 5 rings (SSSR count). The van der Waals surface area contributed by atoms with Crippen molar-refractivity contribution in [3.05, 3.63) is 118 Å².